The molecular formula is C26H18Cl2N2O3. The Balaban J connectivity index is 1.34. The first-order valence-electron chi connectivity index (χ1n) is 9.98. The molecule has 0 aliphatic heterocycles. The third kappa shape index (κ3) is 6.13. The van der Waals surface area contributed by atoms with Crippen LogP contribution in [-0.4, -0.2) is 11.8 Å². The van der Waals surface area contributed by atoms with Crippen molar-refractivity contribution in [2.75, 3.05) is 10.6 Å². The Kier molecular flexibility index (Phi) is 6.93. The van der Waals surface area contributed by atoms with E-state index in [1.807, 2.05) is 0 Å². The molecule has 0 heterocycles. The number of benzene rings is 4. The lowest BCUT2D eigenvalue weighted by molar-refractivity contribution is 0.101. The molecule has 2 N–H and O–H groups in total. The predicted octanol–water partition coefficient (Wildman–Crippen LogP) is 7.29. The average Bonchev–Trinajstić information content (AvgIpc) is 2.81. The standard InChI is InChI=1S/C26H18Cl2N2O3/c27-19-5-1-3-17(15-19)25(31)29-21-7-11-23(12-8-21)33-24-13-9-22(10-14-24)30-26(32)18-4-2-6-20(28)16-18/h1-16H,(H,29,31)(H,30,32). The van der Waals surface area contributed by atoms with E-state index in [1.54, 1.807) is 97.1 Å². The molecular weight excluding hydrogens is 459 g/mol. The van der Waals surface area contributed by atoms with Gasteiger partial charge in [0.25, 0.3) is 11.8 Å². The van der Waals surface area contributed by atoms with E-state index in [2.05, 4.69) is 10.6 Å². The molecule has 0 spiro atoms. The lowest BCUT2D eigenvalue weighted by Crippen LogP contribution is -2.11. The number of rotatable bonds is 6. The van der Waals surface area contributed by atoms with E-state index in [0.717, 1.165) is 0 Å². The highest BCUT2D eigenvalue weighted by Crippen LogP contribution is 2.25. The van der Waals surface area contributed by atoms with Gasteiger partial charge < -0.3 is 15.4 Å². The zero-order valence-corrected chi connectivity index (χ0v) is 18.7. The first kappa shape index (κ1) is 22.4. The summed E-state index contributed by atoms with van der Waals surface area (Å²) in [5, 5.41) is 6.64. The number of hydrogen-bond donors (Lipinski definition) is 2. The summed E-state index contributed by atoms with van der Waals surface area (Å²) in [5.74, 6) is 0.709. The fourth-order valence-corrected chi connectivity index (χ4v) is 3.40. The molecule has 0 fully saturated rings. The summed E-state index contributed by atoms with van der Waals surface area (Å²) < 4.78 is 5.84. The van der Waals surface area contributed by atoms with Crippen LogP contribution in [0.15, 0.2) is 97.1 Å². The number of nitrogens with one attached hydrogen (secondary N) is 2. The summed E-state index contributed by atoms with van der Waals surface area (Å²) in [6, 6.07) is 27.5. The van der Waals surface area contributed by atoms with Gasteiger partial charge in [0.15, 0.2) is 0 Å². The number of anilines is 2. The van der Waals surface area contributed by atoms with E-state index in [0.29, 0.717) is 44.0 Å². The SMILES string of the molecule is O=C(Nc1ccc(Oc2ccc(NC(=O)c3cccc(Cl)c3)cc2)cc1)c1cccc(Cl)c1. The highest BCUT2D eigenvalue weighted by molar-refractivity contribution is 6.31. The van der Waals surface area contributed by atoms with Crippen molar-refractivity contribution in [3.05, 3.63) is 118 Å². The van der Waals surface area contributed by atoms with Gasteiger partial charge in [-0.25, -0.2) is 0 Å². The van der Waals surface area contributed by atoms with Gasteiger partial charge >= 0.3 is 0 Å². The second kappa shape index (κ2) is 10.2. The number of carbonyl (C=O) groups is 2. The quantitative estimate of drug-likeness (QED) is 0.307. The van der Waals surface area contributed by atoms with Crippen molar-refractivity contribution in [3.63, 3.8) is 0 Å². The molecule has 0 atom stereocenters. The van der Waals surface area contributed by atoms with Crippen LogP contribution in [0.25, 0.3) is 0 Å². The summed E-state index contributed by atoms with van der Waals surface area (Å²) >= 11 is 11.9. The second-order valence-electron chi connectivity index (χ2n) is 7.08. The van der Waals surface area contributed by atoms with E-state index < -0.39 is 0 Å². The number of carbonyl (C=O) groups excluding carboxylic acids is 2. The maximum atomic E-state index is 12.3. The van der Waals surface area contributed by atoms with E-state index in [9.17, 15) is 9.59 Å². The smallest absolute Gasteiger partial charge is 0.255 e. The normalized spacial score (nSPS) is 10.4. The molecule has 5 nitrogen and oxygen atoms in total. The molecule has 7 heteroatoms. The Morgan fingerprint density at radius 3 is 1.33 bits per heavy atom. The van der Waals surface area contributed by atoms with Crippen molar-refractivity contribution in [1.29, 1.82) is 0 Å². The van der Waals surface area contributed by atoms with Gasteiger partial charge in [0.1, 0.15) is 11.5 Å². The lowest BCUT2D eigenvalue weighted by atomic mass is 10.2. The topological polar surface area (TPSA) is 67.4 Å². The van der Waals surface area contributed by atoms with Crippen LogP contribution in [0.3, 0.4) is 0 Å². The van der Waals surface area contributed by atoms with Crippen molar-refractivity contribution in [2.24, 2.45) is 0 Å². The third-order valence-electron chi connectivity index (χ3n) is 4.63. The van der Waals surface area contributed by atoms with Gasteiger partial charge in [0.05, 0.1) is 0 Å². The number of amides is 2. The maximum absolute atomic E-state index is 12.3. The van der Waals surface area contributed by atoms with E-state index in [1.165, 1.54) is 0 Å². The van der Waals surface area contributed by atoms with Gasteiger partial charge in [0.2, 0.25) is 0 Å². The van der Waals surface area contributed by atoms with E-state index in [-0.39, 0.29) is 11.8 Å². The molecule has 0 saturated carbocycles. The fraction of sp³-hybridized carbons (Fsp3) is 0. The van der Waals surface area contributed by atoms with Crippen LogP contribution in [0.1, 0.15) is 20.7 Å². The Morgan fingerprint density at radius 2 is 0.970 bits per heavy atom. The molecule has 0 unspecified atom stereocenters. The average molecular weight is 477 g/mol. The highest BCUT2D eigenvalue weighted by Gasteiger charge is 2.08. The number of hydrogen-bond acceptors (Lipinski definition) is 3. The Labute approximate surface area is 200 Å². The minimum atomic E-state index is -0.249. The monoisotopic (exact) mass is 476 g/mol. The third-order valence-corrected chi connectivity index (χ3v) is 5.10. The summed E-state index contributed by atoms with van der Waals surface area (Å²) in [6.07, 6.45) is 0. The molecule has 0 bridgehead atoms. The van der Waals surface area contributed by atoms with Crippen LogP contribution in [0, 0.1) is 0 Å². The fourth-order valence-electron chi connectivity index (χ4n) is 3.01. The van der Waals surface area contributed by atoms with Crippen LogP contribution in [0.2, 0.25) is 10.0 Å². The molecule has 4 aromatic carbocycles. The van der Waals surface area contributed by atoms with Gasteiger partial charge in [-0.2, -0.15) is 0 Å². The zero-order valence-electron chi connectivity index (χ0n) is 17.2. The molecule has 2 amide bonds. The molecule has 33 heavy (non-hydrogen) atoms. The Morgan fingerprint density at radius 1 is 0.576 bits per heavy atom. The van der Waals surface area contributed by atoms with Crippen LogP contribution in [-0.2, 0) is 0 Å². The van der Waals surface area contributed by atoms with E-state index >= 15 is 0 Å². The maximum Gasteiger partial charge on any atom is 0.255 e. The van der Waals surface area contributed by atoms with Crippen molar-refractivity contribution >= 4 is 46.4 Å². The minimum absolute atomic E-state index is 0.249. The highest BCUT2D eigenvalue weighted by atomic mass is 35.5. The molecule has 0 aromatic heterocycles. The lowest BCUT2D eigenvalue weighted by Gasteiger charge is -2.10. The summed E-state index contributed by atoms with van der Waals surface area (Å²) in [5.41, 5.74) is 2.22. The molecule has 0 saturated heterocycles. The molecule has 0 aliphatic rings. The van der Waals surface area contributed by atoms with Crippen LogP contribution < -0.4 is 15.4 Å². The second-order valence-corrected chi connectivity index (χ2v) is 7.95. The van der Waals surface area contributed by atoms with Crippen LogP contribution in [0.5, 0.6) is 11.5 Å². The molecule has 4 rings (SSSR count). The summed E-state index contributed by atoms with van der Waals surface area (Å²) in [4.78, 5) is 24.6. The number of halogens is 2. The largest absolute Gasteiger partial charge is 0.457 e. The van der Waals surface area contributed by atoms with Crippen molar-refractivity contribution in [1.82, 2.24) is 0 Å². The van der Waals surface area contributed by atoms with Gasteiger partial charge in [-0.1, -0.05) is 35.3 Å². The summed E-state index contributed by atoms with van der Waals surface area (Å²) in [6.45, 7) is 0. The van der Waals surface area contributed by atoms with Crippen LogP contribution in [0.4, 0.5) is 11.4 Å². The van der Waals surface area contributed by atoms with Gasteiger partial charge in [-0.05, 0) is 84.9 Å². The Bertz CT molecular complexity index is 1190. The molecule has 0 radical (unpaired) electrons. The predicted molar refractivity (Wildman–Crippen MR) is 132 cm³/mol. The molecule has 164 valence electrons. The first-order chi connectivity index (χ1) is 16.0. The van der Waals surface area contributed by atoms with E-state index in [4.69, 9.17) is 27.9 Å². The zero-order chi connectivity index (χ0) is 23.2. The van der Waals surface area contributed by atoms with Crippen LogP contribution >= 0.6 is 23.2 Å². The molecule has 0 aliphatic carbocycles. The summed E-state index contributed by atoms with van der Waals surface area (Å²) in [7, 11) is 0. The first-order valence-corrected chi connectivity index (χ1v) is 10.7. The van der Waals surface area contributed by atoms with Crippen molar-refractivity contribution in [2.45, 2.75) is 0 Å². The van der Waals surface area contributed by atoms with Crippen molar-refractivity contribution in [3.8, 4) is 11.5 Å². The van der Waals surface area contributed by atoms with Gasteiger partial charge in [-0.15, -0.1) is 0 Å². The molecule has 4 aromatic rings. The van der Waals surface area contributed by atoms with Crippen molar-refractivity contribution < 1.29 is 14.3 Å². The Hall–Kier alpha value is -3.80. The van der Waals surface area contributed by atoms with Gasteiger partial charge in [0, 0.05) is 32.5 Å². The van der Waals surface area contributed by atoms with Gasteiger partial charge in [-0.3, -0.25) is 9.59 Å². The minimum Gasteiger partial charge on any atom is -0.457 e. The number of ether oxygens (including phenoxy) is 1.